The maximum absolute atomic E-state index is 9.79. The SMILES string of the molecule is CC(O)c1ccc2c(c1)ncn2-c1cccc(C2=C3OCOC3CC=C2)c1. The molecule has 0 amide bonds. The number of allylic oxidation sites excluding steroid dienone is 2. The van der Waals surface area contributed by atoms with Crippen LogP contribution in [0.25, 0.3) is 22.3 Å². The van der Waals surface area contributed by atoms with Gasteiger partial charge in [0.15, 0.2) is 6.79 Å². The first-order valence-electron chi connectivity index (χ1n) is 9.12. The minimum Gasteiger partial charge on any atom is -0.468 e. The van der Waals surface area contributed by atoms with Gasteiger partial charge in [0.25, 0.3) is 0 Å². The largest absolute Gasteiger partial charge is 0.468 e. The summed E-state index contributed by atoms with van der Waals surface area (Å²) in [7, 11) is 0. The van der Waals surface area contributed by atoms with E-state index < -0.39 is 6.10 Å². The fourth-order valence-electron chi connectivity index (χ4n) is 3.72. The summed E-state index contributed by atoms with van der Waals surface area (Å²) < 4.78 is 13.4. The second-order valence-corrected chi connectivity index (χ2v) is 6.92. The maximum atomic E-state index is 9.79. The Kier molecular flexibility index (Phi) is 3.85. The molecular weight excluding hydrogens is 340 g/mol. The second-order valence-electron chi connectivity index (χ2n) is 6.92. The molecule has 0 bridgehead atoms. The van der Waals surface area contributed by atoms with Crippen molar-refractivity contribution in [1.29, 1.82) is 0 Å². The summed E-state index contributed by atoms with van der Waals surface area (Å²) in [6.07, 6.45) is 6.45. The van der Waals surface area contributed by atoms with E-state index in [-0.39, 0.29) is 6.10 Å². The minimum absolute atomic E-state index is 0.0293. The van der Waals surface area contributed by atoms with E-state index in [1.165, 1.54) is 0 Å². The van der Waals surface area contributed by atoms with Crippen molar-refractivity contribution in [3.05, 3.63) is 77.8 Å². The molecule has 2 unspecified atom stereocenters. The zero-order chi connectivity index (χ0) is 18.4. The van der Waals surface area contributed by atoms with E-state index in [2.05, 4.69) is 39.9 Å². The van der Waals surface area contributed by atoms with Gasteiger partial charge in [0.2, 0.25) is 0 Å². The van der Waals surface area contributed by atoms with Crippen LogP contribution in [0.1, 0.15) is 30.6 Å². The highest BCUT2D eigenvalue weighted by Gasteiger charge is 2.28. The Morgan fingerprint density at radius 2 is 2.15 bits per heavy atom. The molecule has 5 rings (SSSR count). The van der Waals surface area contributed by atoms with Crippen molar-refractivity contribution in [3.8, 4) is 5.69 Å². The molecule has 1 fully saturated rings. The number of aliphatic hydroxyl groups excluding tert-OH is 1. The molecule has 1 saturated heterocycles. The number of nitrogens with zero attached hydrogens (tertiary/aromatic N) is 2. The van der Waals surface area contributed by atoms with Crippen molar-refractivity contribution in [1.82, 2.24) is 9.55 Å². The third-order valence-electron chi connectivity index (χ3n) is 5.17. The molecule has 0 spiro atoms. The number of rotatable bonds is 3. The van der Waals surface area contributed by atoms with E-state index in [4.69, 9.17) is 9.47 Å². The lowest BCUT2D eigenvalue weighted by molar-refractivity contribution is 0.0509. The van der Waals surface area contributed by atoms with Crippen LogP contribution in [0.15, 0.2) is 66.7 Å². The Morgan fingerprint density at radius 1 is 1.22 bits per heavy atom. The molecule has 0 radical (unpaired) electrons. The Labute approximate surface area is 157 Å². The lowest BCUT2D eigenvalue weighted by Crippen LogP contribution is -2.11. The number of aromatic nitrogens is 2. The predicted molar refractivity (Wildman–Crippen MR) is 103 cm³/mol. The normalized spacial score (nSPS) is 20.0. The van der Waals surface area contributed by atoms with Crippen LogP contribution in [-0.4, -0.2) is 27.6 Å². The van der Waals surface area contributed by atoms with Crippen molar-refractivity contribution in [2.24, 2.45) is 0 Å². The van der Waals surface area contributed by atoms with Gasteiger partial charge in [-0.15, -0.1) is 0 Å². The van der Waals surface area contributed by atoms with Gasteiger partial charge in [-0.05, 0) is 48.7 Å². The minimum atomic E-state index is -0.504. The van der Waals surface area contributed by atoms with Crippen LogP contribution in [0.3, 0.4) is 0 Å². The Balaban J connectivity index is 1.59. The van der Waals surface area contributed by atoms with Gasteiger partial charge < -0.3 is 14.6 Å². The van der Waals surface area contributed by atoms with E-state index in [0.717, 1.165) is 45.6 Å². The summed E-state index contributed by atoms with van der Waals surface area (Å²) in [5.41, 5.74) is 5.94. The number of benzene rings is 2. The first-order chi connectivity index (χ1) is 13.2. The van der Waals surface area contributed by atoms with Gasteiger partial charge in [-0.2, -0.15) is 0 Å². The molecule has 2 atom stereocenters. The standard InChI is InChI=1S/C22H20N2O3/c1-14(25)15-8-9-20-19(11-15)23-12-24(20)17-5-2-4-16(10-17)18-6-3-7-21-22(18)27-13-26-21/h2-6,8-12,14,21,25H,7,13H2,1H3. The van der Waals surface area contributed by atoms with Gasteiger partial charge in [0, 0.05) is 11.3 Å². The van der Waals surface area contributed by atoms with Crippen molar-refractivity contribution in [2.75, 3.05) is 6.79 Å². The number of fused-ring (bicyclic) bond motifs is 2. The summed E-state index contributed by atoms with van der Waals surface area (Å²) in [4.78, 5) is 4.51. The van der Waals surface area contributed by atoms with Gasteiger partial charge in [-0.1, -0.05) is 30.4 Å². The highest BCUT2D eigenvalue weighted by molar-refractivity contribution is 5.81. The average molecular weight is 360 g/mol. The summed E-state index contributed by atoms with van der Waals surface area (Å²) in [6, 6.07) is 14.2. The van der Waals surface area contributed by atoms with Crippen molar-refractivity contribution in [3.63, 3.8) is 0 Å². The third-order valence-corrected chi connectivity index (χ3v) is 5.17. The van der Waals surface area contributed by atoms with E-state index in [1.54, 1.807) is 6.92 Å². The molecule has 2 aromatic carbocycles. The molecule has 136 valence electrons. The number of ether oxygens (including phenoxy) is 2. The molecule has 2 aliphatic rings. The molecule has 5 nitrogen and oxygen atoms in total. The number of hydrogen-bond donors (Lipinski definition) is 1. The van der Waals surface area contributed by atoms with Crippen LogP contribution in [0.4, 0.5) is 0 Å². The molecule has 5 heteroatoms. The monoisotopic (exact) mass is 360 g/mol. The van der Waals surface area contributed by atoms with Crippen molar-refractivity contribution in [2.45, 2.75) is 25.6 Å². The molecule has 1 aromatic heterocycles. The zero-order valence-corrected chi connectivity index (χ0v) is 15.0. The van der Waals surface area contributed by atoms with Gasteiger partial charge in [-0.3, -0.25) is 4.57 Å². The van der Waals surface area contributed by atoms with Crippen LogP contribution in [0.2, 0.25) is 0 Å². The highest BCUT2D eigenvalue weighted by Crippen LogP contribution is 2.34. The Bertz CT molecular complexity index is 1080. The van der Waals surface area contributed by atoms with Crippen LogP contribution < -0.4 is 0 Å². The van der Waals surface area contributed by atoms with Crippen molar-refractivity contribution < 1.29 is 14.6 Å². The van der Waals surface area contributed by atoms with Crippen LogP contribution in [0, 0.1) is 0 Å². The number of aliphatic hydroxyl groups is 1. The highest BCUT2D eigenvalue weighted by atomic mass is 16.7. The number of imidazole rings is 1. The average Bonchev–Trinajstić information content (AvgIpc) is 3.34. The maximum Gasteiger partial charge on any atom is 0.189 e. The van der Waals surface area contributed by atoms with Crippen LogP contribution in [0.5, 0.6) is 0 Å². The van der Waals surface area contributed by atoms with Gasteiger partial charge in [-0.25, -0.2) is 4.98 Å². The smallest absolute Gasteiger partial charge is 0.189 e. The lowest BCUT2D eigenvalue weighted by Gasteiger charge is -2.16. The summed E-state index contributed by atoms with van der Waals surface area (Å²) in [5, 5.41) is 9.79. The topological polar surface area (TPSA) is 56.5 Å². The van der Waals surface area contributed by atoms with E-state index >= 15 is 0 Å². The Morgan fingerprint density at radius 3 is 3.04 bits per heavy atom. The molecular formula is C22H20N2O3. The van der Waals surface area contributed by atoms with Crippen LogP contribution in [-0.2, 0) is 9.47 Å². The molecule has 2 heterocycles. The van der Waals surface area contributed by atoms with Gasteiger partial charge in [0.1, 0.15) is 18.2 Å². The molecule has 1 aliphatic heterocycles. The van der Waals surface area contributed by atoms with Crippen molar-refractivity contribution >= 4 is 16.6 Å². The molecule has 0 saturated carbocycles. The molecule has 27 heavy (non-hydrogen) atoms. The third kappa shape index (κ3) is 2.76. The second kappa shape index (κ2) is 6.37. The first-order valence-corrected chi connectivity index (χ1v) is 9.12. The summed E-state index contributed by atoms with van der Waals surface area (Å²) in [5.74, 6) is 0.923. The van der Waals surface area contributed by atoms with E-state index in [9.17, 15) is 5.11 Å². The van der Waals surface area contributed by atoms with Gasteiger partial charge in [0.05, 0.1) is 17.1 Å². The quantitative estimate of drug-likeness (QED) is 0.763. The van der Waals surface area contributed by atoms with E-state index in [1.807, 2.05) is 30.6 Å². The summed E-state index contributed by atoms with van der Waals surface area (Å²) >= 11 is 0. The number of hydrogen-bond acceptors (Lipinski definition) is 4. The summed E-state index contributed by atoms with van der Waals surface area (Å²) in [6.45, 7) is 2.08. The molecule has 1 aliphatic carbocycles. The first kappa shape index (κ1) is 16.3. The van der Waals surface area contributed by atoms with Gasteiger partial charge >= 0.3 is 0 Å². The zero-order valence-electron chi connectivity index (χ0n) is 15.0. The fraction of sp³-hybridized carbons (Fsp3) is 0.227. The molecule has 1 N–H and O–H groups in total. The lowest BCUT2D eigenvalue weighted by atomic mass is 9.96. The predicted octanol–water partition coefficient (Wildman–Crippen LogP) is 4.12. The molecule has 3 aromatic rings. The van der Waals surface area contributed by atoms with E-state index in [0.29, 0.717) is 6.79 Å². The fourth-order valence-corrected chi connectivity index (χ4v) is 3.72. The van der Waals surface area contributed by atoms with Crippen LogP contribution >= 0.6 is 0 Å². The Hall–Kier alpha value is -2.89.